The second kappa shape index (κ2) is 9.17. The van der Waals surface area contributed by atoms with Gasteiger partial charge in [0.15, 0.2) is 0 Å². The van der Waals surface area contributed by atoms with Gasteiger partial charge >= 0.3 is 0 Å². The number of ether oxygens (including phenoxy) is 1. The van der Waals surface area contributed by atoms with Crippen molar-refractivity contribution in [3.8, 4) is 5.75 Å². The first-order valence-electron chi connectivity index (χ1n) is 9.90. The van der Waals surface area contributed by atoms with E-state index < -0.39 is 6.10 Å². The standard InChI is InChI=1S/C25H24ClNO2S/c1-3-6-18-13-17(2)9-11-23(18)29-16-20(28)15-27-21-7-4-5-8-24(21)30-25-12-10-19(26)14-22(25)27/h3-5,7-14,20,28H,1,6,15-16H2,2H3. The van der Waals surface area contributed by atoms with Crippen LogP contribution < -0.4 is 9.64 Å². The summed E-state index contributed by atoms with van der Waals surface area (Å²) in [5.74, 6) is 0.789. The first-order valence-corrected chi connectivity index (χ1v) is 11.1. The Bertz CT molecular complexity index is 1070. The maximum Gasteiger partial charge on any atom is 0.122 e. The van der Waals surface area contributed by atoms with Crippen molar-refractivity contribution in [1.29, 1.82) is 0 Å². The van der Waals surface area contributed by atoms with E-state index in [1.165, 1.54) is 5.56 Å². The Morgan fingerprint density at radius 2 is 1.90 bits per heavy atom. The van der Waals surface area contributed by atoms with E-state index in [9.17, 15) is 5.11 Å². The minimum Gasteiger partial charge on any atom is -0.491 e. The van der Waals surface area contributed by atoms with E-state index in [-0.39, 0.29) is 6.61 Å². The van der Waals surface area contributed by atoms with Crippen LogP contribution in [0.1, 0.15) is 11.1 Å². The van der Waals surface area contributed by atoms with Crippen LogP contribution in [0.25, 0.3) is 0 Å². The van der Waals surface area contributed by atoms with E-state index in [4.69, 9.17) is 16.3 Å². The Morgan fingerprint density at radius 3 is 2.73 bits per heavy atom. The molecule has 4 rings (SSSR count). The summed E-state index contributed by atoms with van der Waals surface area (Å²) in [6.07, 6.45) is 1.92. The van der Waals surface area contributed by atoms with Crippen molar-refractivity contribution in [3.05, 3.63) is 89.5 Å². The lowest BCUT2D eigenvalue weighted by molar-refractivity contribution is 0.113. The van der Waals surface area contributed by atoms with E-state index >= 15 is 0 Å². The molecule has 0 aromatic heterocycles. The highest BCUT2D eigenvalue weighted by molar-refractivity contribution is 7.99. The number of allylic oxidation sites excluding steroid dienone is 1. The summed E-state index contributed by atoms with van der Waals surface area (Å²) in [5, 5.41) is 11.5. The lowest BCUT2D eigenvalue weighted by Crippen LogP contribution is -2.34. The molecule has 0 bridgehead atoms. The molecule has 0 amide bonds. The molecule has 0 saturated heterocycles. The van der Waals surface area contributed by atoms with E-state index in [2.05, 4.69) is 36.6 Å². The van der Waals surface area contributed by atoms with Gasteiger partial charge in [-0.15, -0.1) is 6.58 Å². The number of anilines is 2. The number of benzene rings is 3. The summed E-state index contributed by atoms with van der Waals surface area (Å²) in [6.45, 7) is 6.49. The van der Waals surface area contributed by atoms with Gasteiger partial charge in [-0.3, -0.25) is 0 Å². The molecule has 0 fully saturated rings. The number of hydrogen-bond acceptors (Lipinski definition) is 4. The smallest absolute Gasteiger partial charge is 0.122 e. The van der Waals surface area contributed by atoms with Crippen molar-refractivity contribution < 1.29 is 9.84 Å². The molecule has 3 nitrogen and oxygen atoms in total. The molecule has 0 spiro atoms. The van der Waals surface area contributed by atoms with Gasteiger partial charge in [0.1, 0.15) is 18.5 Å². The van der Waals surface area contributed by atoms with Crippen molar-refractivity contribution in [1.82, 2.24) is 0 Å². The second-order valence-corrected chi connectivity index (χ2v) is 8.88. The molecular formula is C25H24ClNO2S. The Morgan fingerprint density at radius 1 is 1.10 bits per heavy atom. The number of aryl methyl sites for hydroxylation is 1. The number of nitrogens with zero attached hydrogens (tertiary/aromatic N) is 1. The Balaban J connectivity index is 1.53. The molecule has 1 N–H and O–H groups in total. The quantitative estimate of drug-likeness (QED) is 0.432. The monoisotopic (exact) mass is 437 g/mol. The maximum atomic E-state index is 10.8. The molecule has 30 heavy (non-hydrogen) atoms. The molecule has 1 heterocycles. The minimum absolute atomic E-state index is 0.203. The highest BCUT2D eigenvalue weighted by atomic mass is 35.5. The largest absolute Gasteiger partial charge is 0.491 e. The third-order valence-electron chi connectivity index (χ3n) is 4.99. The summed E-state index contributed by atoms with van der Waals surface area (Å²) >= 11 is 7.99. The topological polar surface area (TPSA) is 32.7 Å². The van der Waals surface area contributed by atoms with E-state index in [0.717, 1.165) is 38.9 Å². The fraction of sp³-hybridized carbons (Fsp3) is 0.200. The van der Waals surface area contributed by atoms with Crippen molar-refractivity contribution in [2.75, 3.05) is 18.1 Å². The molecule has 0 aliphatic carbocycles. The van der Waals surface area contributed by atoms with Crippen LogP contribution in [0.3, 0.4) is 0 Å². The average Bonchev–Trinajstić information content (AvgIpc) is 2.73. The van der Waals surface area contributed by atoms with Gasteiger partial charge in [-0.1, -0.05) is 59.3 Å². The van der Waals surface area contributed by atoms with Crippen LogP contribution in [-0.2, 0) is 6.42 Å². The molecule has 1 atom stereocenters. The van der Waals surface area contributed by atoms with Crippen LogP contribution in [0.5, 0.6) is 5.75 Å². The predicted octanol–water partition coefficient (Wildman–Crippen LogP) is 6.42. The first-order chi connectivity index (χ1) is 14.5. The van der Waals surface area contributed by atoms with Gasteiger partial charge in [-0.05, 0) is 55.3 Å². The molecule has 5 heteroatoms. The van der Waals surface area contributed by atoms with E-state index in [1.807, 2.05) is 48.5 Å². The van der Waals surface area contributed by atoms with Crippen molar-refractivity contribution in [3.63, 3.8) is 0 Å². The molecule has 0 radical (unpaired) electrons. The van der Waals surface area contributed by atoms with Crippen LogP contribution in [0.4, 0.5) is 11.4 Å². The van der Waals surface area contributed by atoms with Gasteiger partial charge in [-0.2, -0.15) is 0 Å². The van der Waals surface area contributed by atoms with Gasteiger partial charge in [0.2, 0.25) is 0 Å². The Hall–Kier alpha value is -2.40. The average molecular weight is 438 g/mol. The summed E-state index contributed by atoms with van der Waals surface area (Å²) in [4.78, 5) is 4.41. The third kappa shape index (κ3) is 4.51. The van der Waals surface area contributed by atoms with Crippen molar-refractivity contribution in [2.24, 2.45) is 0 Å². The molecule has 3 aromatic rings. The number of fused-ring (bicyclic) bond motifs is 2. The fourth-order valence-corrected chi connectivity index (χ4v) is 4.86. The normalized spacial score (nSPS) is 13.4. The summed E-state index contributed by atoms with van der Waals surface area (Å²) in [7, 11) is 0. The third-order valence-corrected chi connectivity index (χ3v) is 6.36. The number of rotatable bonds is 7. The zero-order chi connectivity index (χ0) is 21.1. The number of aliphatic hydroxyl groups excluding tert-OH is 1. The molecule has 1 aliphatic rings. The number of hydrogen-bond donors (Lipinski definition) is 1. The van der Waals surface area contributed by atoms with Crippen LogP contribution >= 0.6 is 23.4 Å². The molecule has 154 valence electrons. The van der Waals surface area contributed by atoms with Crippen LogP contribution in [-0.4, -0.2) is 24.4 Å². The van der Waals surface area contributed by atoms with E-state index in [1.54, 1.807) is 11.8 Å². The van der Waals surface area contributed by atoms with Crippen LogP contribution in [0, 0.1) is 6.92 Å². The van der Waals surface area contributed by atoms with Crippen molar-refractivity contribution in [2.45, 2.75) is 29.2 Å². The summed E-state index contributed by atoms with van der Waals surface area (Å²) < 4.78 is 5.99. The summed E-state index contributed by atoms with van der Waals surface area (Å²) in [5.41, 5.74) is 4.33. The van der Waals surface area contributed by atoms with Crippen LogP contribution in [0.15, 0.2) is 83.1 Å². The predicted molar refractivity (Wildman–Crippen MR) is 126 cm³/mol. The molecule has 3 aromatic carbocycles. The highest BCUT2D eigenvalue weighted by Crippen LogP contribution is 2.48. The Kier molecular flexibility index (Phi) is 6.38. The maximum absolute atomic E-state index is 10.8. The second-order valence-electron chi connectivity index (χ2n) is 7.36. The molecule has 1 aliphatic heterocycles. The van der Waals surface area contributed by atoms with Crippen LogP contribution in [0.2, 0.25) is 5.02 Å². The zero-order valence-corrected chi connectivity index (χ0v) is 18.4. The fourth-order valence-electron chi connectivity index (χ4n) is 3.61. The summed E-state index contributed by atoms with van der Waals surface area (Å²) in [6, 6.07) is 20.2. The minimum atomic E-state index is -0.675. The van der Waals surface area contributed by atoms with Gasteiger partial charge in [0.25, 0.3) is 0 Å². The lowest BCUT2D eigenvalue weighted by atomic mass is 10.1. The molecule has 1 unspecified atom stereocenters. The highest BCUT2D eigenvalue weighted by Gasteiger charge is 2.25. The first kappa shape index (κ1) is 20.9. The number of para-hydroxylation sites is 1. The van der Waals surface area contributed by atoms with Gasteiger partial charge in [-0.25, -0.2) is 0 Å². The van der Waals surface area contributed by atoms with Gasteiger partial charge < -0.3 is 14.7 Å². The Labute approximate surface area is 186 Å². The SMILES string of the molecule is C=CCc1cc(C)ccc1OCC(O)CN1c2ccccc2Sc2ccc(Cl)cc21. The van der Waals surface area contributed by atoms with Gasteiger partial charge in [0, 0.05) is 14.8 Å². The zero-order valence-electron chi connectivity index (χ0n) is 16.8. The van der Waals surface area contributed by atoms with E-state index in [0.29, 0.717) is 11.6 Å². The molecular weight excluding hydrogens is 414 g/mol. The lowest BCUT2D eigenvalue weighted by Gasteiger charge is -2.34. The van der Waals surface area contributed by atoms with Gasteiger partial charge in [0.05, 0.1) is 17.9 Å². The molecule has 0 saturated carbocycles. The van der Waals surface area contributed by atoms with Crippen molar-refractivity contribution >= 4 is 34.7 Å². The number of aliphatic hydroxyl groups is 1. The number of β-amino-alcohol motifs (C(OH)–C–C–N with tert-alkyl or cyclic N) is 1. The number of halogens is 1.